The van der Waals surface area contributed by atoms with Gasteiger partial charge in [0, 0.05) is 29.7 Å². The number of aromatic nitrogens is 2. The monoisotopic (exact) mass is 509 g/mol. The Balaban J connectivity index is 1.76. The predicted molar refractivity (Wildman–Crippen MR) is 134 cm³/mol. The van der Waals surface area contributed by atoms with E-state index in [-0.39, 0.29) is 46.7 Å². The lowest BCUT2D eigenvalue weighted by molar-refractivity contribution is 0.0907. The lowest BCUT2D eigenvalue weighted by Crippen LogP contribution is -2.26. The number of benzene rings is 2. The van der Waals surface area contributed by atoms with Crippen LogP contribution in [0.25, 0.3) is 0 Å². The fraction of sp³-hybridized carbons (Fsp3) is 0.308. The van der Waals surface area contributed by atoms with Crippen LogP contribution in [0.1, 0.15) is 56.3 Å². The Hall–Kier alpha value is -3.79. The second-order valence-electron chi connectivity index (χ2n) is 8.45. The molecule has 0 bridgehead atoms. The number of carbonyl (C=O) groups excluding carboxylic acids is 2. The Labute approximate surface area is 209 Å². The molecule has 2 heterocycles. The second kappa shape index (κ2) is 10.1. The topological polar surface area (TPSA) is 117 Å². The summed E-state index contributed by atoms with van der Waals surface area (Å²) >= 11 is 0. The third kappa shape index (κ3) is 4.56. The van der Waals surface area contributed by atoms with Crippen molar-refractivity contribution in [2.45, 2.75) is 38.6 Å². The van der Waals surface area contributed by atoms with E-state index in [1.54, 1.807) is 44.2 Å². The number of nitrogens with zero attached hydrogens (tertiary/aromatic N) is 3. The molecule has 1 aromatic heterocycles. The van der Waals surface area contributed by atoms with Gasteiger partial charge in [-0.25, -0.2) is 13.1 Å². The summed E-state index contributed by atoms with van der Waals surface area (Å²) in [4.78, 5) is 31.5. The van der Waals surface area contributed by atoms with Gasteiger partial charge >= 0.3 is 0 Å². The normalized spacial score (nSPS) is 15.4. The van der Waals surface area contributed by atoms with E-state index < -0.39 is 9.84 Å². The number of sulfone groups is 1. The first kappa shape index (κ1) is 25.3. The van der Waals surface area contributed by atoms with Crippen LogP contribution in [0.15, 0.2) is 52.6 Å². The summed E-state index contributed by atoms with van der Waals surface area (Å²) in [5.41, 5.74) is 2.80. The summed E-state index contributed by atoms with van der Waals surface area (Å²) in [6.45, 7) is 5.36. The van der Waals surface area contributed by atoms with Crippen LogP contribution in [0, 0.1) is 13.8 Å². The minimum absolute atomic E-state index is 0.0769. The highest BCUT2D eigenvalue weighted by atomic mass is 32.2. The Morgan fingerprint density at radius 3 is 2.53 bits per heavy atom. The van der Waals surface area contributed by atoms with E-state index in [9.17, 15) is 18.0 Å². The average Bonchev–Trinajstić information content (AvgIpc) is 3.28. The molecule has 36 heavy (non-hydrogen) atoms. The number of fused-ring (bicyclic) bond motifs is 1. The molecule has 0 fully saturated rings. The minimum atomic E-state index is -3.53. The van der Waals surface area contributed by atoms with Gasteiger partial charge in [0.2, 0.25) is 5.88 Å². The maximum Gasteiger partial charge on any atom is 0.223 e. The van der Waals surface area contributed by atoms with Crippen molar-refractivity contribution < 1.29 is 27.6 Å². The third-order valence-electron chi connectivity index (χ3n) is 6.15. The lowest BCUT2D eigenvalue weighted by Gasteiger charge is -2.23. The van der Waals surface area contributed by atoms with Crippen LogP contribution in [-0.4, -0.2) is 54.9 Å². The Morgan fingerprint density at radius 1 is 1.14 bits per heavy atom. The molecule has 0 spiro atoms. The molecule has 3 aromatic rings. The SMILES string of the molecule is CCn1ncc(C(=O)c2cc(C)c3c(c2C)/C(=N/OC)CCS3(=O)=O)c1OCC(=O)c1ccccc1. The second-order valence-corrected chi connectivity index (χ2v) is 10.5. The summed E-state index contributed by atoms with van der Waals surface area (Å²) in [6.07, 6.45) is 1.59. The van der Waals surface area contributed by atoms with Crippen molar-refractivity contribution in [3.05, 3.63) is 76.0 Å². The van der Waals surface area contributed by atoms with E-state index in [4.69, 9.17) is 9.57 Å². The molecule has 0 saturated carbocycles. The van der Waals surface area contributed by atoms with Gasteiger partial charge in [0.05, 0.1) is 22.6 Å². The van der Waals surface area contributed by atoms with Crippen LogP contribution in [0.4, 0.5) is 0 Å². The fourth-order valence-corrected chi connectivity index (χ4v) is 6.23. The predicted octanol–water partition coefficient (Wildman–Crippen LogP) is 3.54. The van der Waals surface area contributed by atoms with Crippen molar-refractivity contribution in [3.63, 3.8) is 0 Å². The summed E-state index contributed by atoms with van der Waals surface area (Å²) < 4.78 is 33.1. The standard InChI is InChI=1S/C26H27N3O6S/c1-5-29-26(35-15-22(30)18-9-7-6-8-10-18)20(14-27-29)24(31)19-13-16(2)25-23(17(19)3)21(28-34-4)11-12-36(25,32)33/h6-10,13-14H,5,11-12,15H2,1-4H3/b28-21+. The molecular weight excluding hydrogens is 482 g/mol. The molecule has 10 heteroatoms. The number of aryl methyl sites for hydroxylation is 2. The molecule has 9 nitrogen and oxygen atoms in total. The summed E-state index contributed by atoms with van der Waals surface area (Å²) in [5, 5.41) is 8.30. The van der Waals surface area contributed by atoms with Crippen LogP contribution >= 0.6 is 0 Å². The van der Waals surface area contributed by atoms with Gasteiger partial charge in [-0.1, -0.05) is 35.5 Å². The molecule has 1 aliphatic heterocycles. The zero-order valence-electron chi connectivity index (χ0n) is 20.6. The van der Waals surface area contributed by atoms with Crippen molar-refractivity contribution in [1.29, 1.82) is 0 Å². The molecule has 0 radical (unpaired) electrons. The van der Waals surface area contributed by atoms with E-state index in [1.165, 1.54) is 18.0 Å². The van der Waals surface area contributed by atoms with E-state index >= 15 is 0 Å². The van der Waals surface area contributed by atoms with Crippen LogP contribution in [0.3, 0.4) is 0 Å². The molecule has 0 atom stereocenters. The number of rotatable bonds is 8. The van der Waals surface area contributed by atoms with E-state index in [2.05, 4.69) is 10.3 Å². The number of hydrogen-bond donors (Lipinski definition) is 0. The highest BCUT2D eigenvalue weighted by Gasteiger charge is 2.34. The summed E-state index contributed by atoms with van der Waals surface area (Å²) in [7, 11) is -2.14. The molecule has 188 valence electrons. The maximum absolute atomic E-state index is 13.8. The van der Waals surface area contributed by atoms with E-state index in [0.717, 1.165) is 0 Å². The average molecular weight is 510 g/mol. The molecule has 2 aromatic carbocycles. The molecule has 0 N–H and O–H groups in total. The molecular formula is C26H27N3O6S. The molecule has 1 aliphatic rings. The minimum Gasteiger partial charge on any atom is -0.469 e. The Kier molecular flexibility index (Phi) is 7.07. The van der Waals surface area contributed by atoms with Gasteiger partial charge in [0.15, 0.2) is 28.0 Å². The number of ketones is 2. The smallest absolute Gasteiger partial charge is 0.223 e. The van der Waals surface area contributed by atoms with Gasteiger partial charge in [-0.05, 0) is 38.0 Å². The van der Waals surface area contributed by atoms with Gasteiger partial charge in [0.25, 0.3) is 0 Å². The van der Waals surface area contributed by atoms with Crippen LogP contribution in [0.2, 0.25) is 0 Å². The highest BCUT2D eigenvalue weighted by molar-refractivity contribution is 7.91. The van der Waals surface area contributed by atoms with Crippen LogP contribution < -0.4 is 4.74 Å². The number of ether oxygens (including phenoxy) is 1. The molecule has 4 rings (SSSR count). The lowest BCUT2D eigenvalue weighted by atomic mass is 9.91. The third-order valence-corrected chi connectivity index (χ3v) is 8.04. The van der Waals surface area contributed by atoms with Gasteiger partial charge in [-0.3, -0.25) is 9.59 Å². The van der Waals surface area contributed by atoms with E-state index in [0.29, 0.717) is 40.1 Å². The van der Waals surface area contributed by atoms with Crippen molar-refractivity contribution in [1.82, 2.24) is 9.78 Å². The number of oxime groups is 1. The van der Waals surface area contributed by atoms with Gasteiger partial charge < -0.3 is 9.57 Å². The highest BCUT2D eigenvalue weighted by Crippen LogP contribution is 2.35. The van der Waals surface area contributed by atoms with Crippen LogP contribution in [-0.2, 0) is 21.2 Å². The first-order valence-electron chi connectivity index (χ1n) is 11.5. The summed E-state index contributed by atoms with van der Waals surface area (Å²) in [5.74, 6) is -0.517. The fourth-order valence-electron chi connectivity index (χ4n) is 4.43. The van der Waals surface area contributed by atoms with Crippen molar-refractivity contribution in [3.8, 4) is 5.88 Å². The zero-order chi connectivity index (χ0) is 26.0. The molecule has 0 aliphatic carbocycles. The first-order chi connectivity index (χ1) is 17.2. The quantitative estimate of drug-likeness (QED) is 0.337. The maximum atomic E-state index is 13.8. The molecule has 0 saturated heterocycles. The van der Waals surface area contributed by atoms with Crippen molar-refractivity contribution in [2.24, 2.45) is 5.16 Å². The largest absolute Gasteiger partial charge is 0.469 e. The van der Waals surface area contributed by atoms with Gasteiger partial charge in [-0.15, -0.1) is 0 Å². The summed E-state index contributed by atoms with van der Waals surface area (Å²) in [6, 6.07) is 10.3. The van der Waals surface area contributed by atoms with Crippen molar-refractivity contribution >= 4 is 27.1 Å². The molecule has 0 amide bonds. The zero-order valence-corrected chi connectivity index (χ0v) is 21.4. The Bertz CT molecular complexity index is 1470. The van der Waals surface area contributed by atoms with Crippen LogP contribution in [0.5, 0.6) is 5.88 Å². The van der Waals surface area contributed by atoms with Gasteiger partial charge in [0.1, 0.15) is 12.7 Å². The first-order valence-corrected chi connectivity index (χ1v) is 13.1. The van der Waals surface area contributed by atoms with Gasteiger partial charge in [-0.2, -0.15) is 5.10 Å². The number of carbonyl (C=O) groups is 2. The Morgan fingerprint density at radius 2 is 1.86 bits per heavy atom. The van der Waals surface area contributed by atoms with Crippen molar-refractivity contribution in [2.75, 3.05) is 19.5 Å². The molecule has 0 unspecified atom stereocenters. The number of Topliss-reactive ketones (excluding diaryl/α,β-unsaturated/α-hetero) is 1. The number of hydrogen-bond acceptors (Lipinski definition) is 8. The van der Waals surface area contributed by atoms with E-state index in [1.807, 2.05) is 13.0 Å².